The van der Waals surface area contributed by atoms with Gasteiger partial charge in [0.2, 0.25) is 0 Å². The monoisotopic (exact) mass is 523 g/mol. The number of aromatic nitrogens is 3. The van der Waals surface area contributed by atoms with Crippen LogP contribution in [0.1, 0.15) is 42.0 Å². The molecule has 190 valence electrons. The van der Waals surface area contributed by atoms with Crippen LogP contribution >= 0.6 is 12.2 Å². The molecule has 0 aliphatic rings. The minimum atomic E-state index is -4.39. The molecule has 2 N–H and O–H groups in total. The van der Waals surface area contributed by atoms with Gasteiger partial charge < -0.3 is 5.32 Å². The highest BCUT2D eigenvalue weighted by Gasteiger charge is 2.30. The van der Waals surface area contributed by atoms with Crippen LogP contribution in [0.5, 0.6) is 0 Å². The Morgan fingerprint density at radius 2 is 1.68 bits per heavy atom. The molecule has 1 aromatic heterocycles. The van der Waals surface area contributed by atoms with E-state index in [1.165, 1.54) is 23.1 Å². The third-order valence-electron chi connectivity index (χ3n) is 5.67. The van der Waals surface area contributed by atoms with E-state index in [2.05, 4.69) is 34.6 Å². The Balaban J connectivity index is 1.34. The molecule has 0 aliphatic carbocycles. The first kappa shape index (κ1) is 26.0. The highest BCUT2D eigenvalue weighted by Crippen LogP contribution is 2.29. The number of alkyl halides is 3. The van der Waals surface area contributed by atoms with E-state index in [-0.39, 0.29) is 12.5 Å². The molecule has 0 saturated heterocycles. The van der Waals surface area contributed by atoms with Crippen LogP contribution in [-0.2, 0) is 12.7 Å². The van der Waals surface area contributed by atoms with Crippen molar-refractivity contribution in [3.05, 3.63) is 101 Å². The largest absolute Gasteiger partial charge is 0.416 e. The lowest BCUT2D eigenvalue weighted by Crippen LogP contribution is -2.39. The molecule has 0 unspecified atom stereocenters. The fraction of sp³-hybridized carbons (Fsp3) is 0.185. The van der Waals surface area contributed by atoms with Crippen LogP contribution in [-0.4, -0.2) is 25.8 Å². The maximum atomic E-state index is 12.8. The van der Waals surface area contributed by atoms with Gasteiger partial charge in [0, 0.05) is 17.7 Å². The summed E-state index contributed by atoms with van der Waals surface area (Å²) in [4.78, 5) is 17.0. The maximum Gasteiger partial charge on any atom is 0.416 e. The molecular weight excluding hydrogens is 499 g/mol. The summed E-state index contributed by atoms with van der Waals surface area (Å²) in [5, 5.41) is 9.88. The van der Waals surface area contributed by atoms with E-state index in [0.717, 1.165) is 34.4 Å². The SMILES string of the molecule is CC(C)c1ccccc1C(=S)NC(=O)NCc1ccc(-c2ncn(-c3ccc(C(F)(F)F)cc3)n2)cc1. The number of hydrogen-bond acceptors (Lipinski definition) is 4. The number of carbonyl (C=O) groups is 1. The van der Waals surface area contributed by atoms with Crippen LogP contribution in [0.4, 0.5) is 18.0 Å². The van der Waals surface area contributed by atoms with E-state index in [4.69, 9.17) is 12.2 Å². The van der Waals surface area contributed by atoms with E-state index in [9.17, 15) is 18.0 Å². The number of hydrogen-bond donors (Lipinski definition) is 2. The van der Waals surface area contributed by atoms with Gasteiger partial charge in [-0.2, -0.15) is 13.2 Å². The van der Waals surface area contributed by atoms with Gasteiger partial charge in [0.25, 0.3) is 0 Å². The van der Waals surface area contributed by atoms with Crippen LogP contribution in [0, 0.1) is 0 Å². The highest BCUT2D eigenvalue weighted by molar-refractivity contribution is 7.80. The van der Waals surface area contributed by atoms with Crippen LogP contribution in [0.25, 0.3) is 17.1 Å². The molecule has 0 spiro atoms. The molecule has 0 aliphatic heterocycles. The lowest BCUT2D eigenvalue weighted by Gasteiger charge is -2.14. The number of benzene rings is 3. The Kier molecular flexibility index (Phi) is 7.68. The molecule has 10 heteroatoms. The summed E-state index contributed by atoms with van der Waals surface area (Å²) in [5.74, 6) is 0.694. The number of urea groups is 1. The molecule has 4 rings (SSSR count). The van der Waals surface area contributed by atoms with Gasteiger partial charge in [-0.15, -0.1) is 5.10 Å². The molecule has 0 bridgehead atoms. The first-order valence-electron chi connectivity index (χ1n) is 11.5. The van der Waals surface area contributed by atoms with Gasteiger partial charge in [0.1, 0.15) is 11.3 Å². The van der Waals surface area contributed by atoms with Crippen molar-refractivity contribution in [3.63, 3.8) is 0 Å². The van der Waals surface area contributed by atoms with Crippen molar-refractivity contribution in [1.29, 1.82) is 0 Å². The first-order valence-corrected chi connectivity index (χ1v) is 11.9. The third kappa shape index (κ3) is 6.39. The Morgan fingerprint density at radius 1 is 1.00 bits per heavy atom. The molecule has 0 atom stereocenters. The lowest BCUT2D eigenvalue weighted by molar-refractivity contribution is -0.137. The average molecular weight is 524 g/mol. The van der Waals surface area contributed by atoms with Gasteiger partial charge >= 0.3 is 12.2 Å². The van der Waals surface area contributed by atoms with Gasteiger partial charge in [0.05, 0.1) is 11.3 Å². The molecule has 6 nitrogen and oxygen atoms in total. The van der Waals surface area contributed by atoms with E-state index in [0.29, 0.717) is 16.5 Å². The van der Waals surface area contributed by atoms with Gasteiger partial charge in [0.15, 0.2) is 5.82 Å². The molecule has 3 aromatic carbocycles. The standard InChI is InChI=1S/C27H24F3N5OS/c1-17(2)22-5-3-4-6-23(22)25(37)33-26(36)31-15-18-7-9-19(10-8-18)24-32-16-35(34-24)21-13-11-20(12-14-21)27(28,29)30/h3-14,16-17H,15H2,1-2H3,(H2,31,33,36,37). The van der Waals surface area contributed by atoms with Crippen molar-refractivity contribution >= 4 is 23.2 Å². The second-order valence-corrected chi connectivity index (χ2v) is 9.04. The van der Waals surface area contributed by atoms with Gasteiger partial charge in [-0.3, -0.25) is 5.32 Å². The van der Waals surface area contributed by atoms with E-state index in [1.54, 1.807) is 0 Å². The molecule has 1 heterocycles. The summed E-state index contributed by atoms with van der Waals surface area (Å²) < 4.78 is 39.7. The lowest BCUT2D eigenvalue weighted by atomic mass is 9.97. The maximum absolute atomic E-state index is 12.8. The van der Waals surface area contributed by atoms with Crippen molar-refractivity contribution in [1.82, 2.24) is 25.4 Å². The average Bonchev–Trinajstić information content (AvgIpc) is 3.38. The number of nitrogens with one attached hydrogen (secondary N) is 2. The molecule has 2 amide bonds. The zero-order valence-corrected chi connectivity index (χ0v) is 20.9. The van der Waals surface area contributed by atoms with Gasteiger partial charge in [-0.25, -0.2) is 14.5 Å². The van der Waals surface area contributed by atoms with E-state index in [1.807, 2.05) is 48.5 Å². The fourth-order valence-corrected chi connectivity index (χ4v) is 3.98. The predicted molar refractivity (Wildman–Crippen MR) is 139 cm³/mol. The zero-order valence-electron chi connectivity index (χ0n) is 20.1. The minimum Gasteiger partial charge on any atom is -0.334 e. The molecule has 37 heavy (non-hydrogen) atoms. The quantitative estimate of drug-likeness (QED) is 0.293. The summed E-state index contributed by atoms with van der Waals surface area (Å²) in [6.07, 6.45) is -2.95. The summed E-state index contributed by atoms with van der Waals surface area (Å²) in [7, 11) is 0. The number of thiocarbonyl (C=S) groups is 1. The predicted octanol–water partition coefficient (Wildman–Crippen LogP) is 6.25. The summed E-state index contributed by atoms with van der Waals surface area (Å²) in [5.41, 5.74) is 3.22. The molecular formula is C27H24F3N5OS. The number of halogens is 3. The minimum absolute atomic E-state index is 0.272. The molecule has 0 fully saturated rings. The number of rotatable bonds is 6. The highest BCUT2D eigenvalue weighted by atomic mass is 32.1. The fourth-order valence-electron chi connectivity index (χ4n) is 3.70. The Labute approximate surface area is 217 Å². The Bertz CT molecular complexity index is 1400. The van der Waals surface area contributed by atoms with Gasteiger partial charge in [-0.1, -0.05) is 74.6 Å². The molecule has 4 aromatic rings. The van der Waals surface area contributed by atoms with Gasteiger partial charge in [-0.05, 0) is 41.3 Å². The van der Waals surface area contributed by atoms with Crippen LogP contribution in [0.15, 0.2) is 79.1 Å². The second kappa shape index (κ2) is 10.9. The van der Waals surface area contributed by atoms with Crippen LogP contribution in [0.2, 0.25) is 0 Å². The molecule has 0 radical (unpaired) electrons. The van der Waals surface area contributed by atoms with Crippen LogP contribution < -0.4 is 10.6 Å². The second-order valence-electron chi connectivity index (χ2n) is 8.63. The number of amides is 2. The van der Waals surface area contributed by atoms with Crippen LogP contribution in [0.3, 0.4) is 0 Å². The van der Waals surface area contributed by atoms with Crippen molar-refractivity contribution in [3.8, 4) is 17.1 Å². The number of carbonyl (C=O) groups excluding carboxylic acids is 1. The number of nitrogens with zero attached hydrogens (tertiary/aromatic N) is 3. The Morgan fingerprint density at radius 3 is 2.32 bits per heavy atom. The van der Waals surface area contributed by atoms with Crippen molar-refractivity contribution in [2.45, 2.75) is 32.5 Å². The third-order valence-corrected chi connectivity index (χ3v) is 5.99. The molecule has 0 saturated carbocycles. The van der Waals surface area contributed by atoms with E-state index < -0.39 is 17.8 Å². The zero-order chi connectivity index (χ0) is 26.6. The first-order chi connectivity index (χ1) is 17.6. The van der Waals surface area contributed by atoms with E-state index >= 15 is 0 Å². The summed E-state index contributed by atoms with van der Waals surface area (Å²) in [6.45, 7) is 4.42. The van der Waals surface area contributed by atoms with Crippen molar-refractivity contribution < 1.29 is 18.0 Å². The normalized spacial score (nSPS) is 11.4. The van der Waals surface area contributed by atoms with Crippen molar-refractivity contribution in [2.75, 3.05) is 0 Å². The Hall–Kier alpha value is -4.05. The topological polar surface area (TPSA) is 71.8 Å². The summed E-state index contributed by atoms with van der Waals surface area (Å²) in [6, 6.07) is 19.3. The smallest absolute Gasteiger partial charge is 0.334 e. The summed E-state index contributed by atoms with van der Waals surface area (Å²) >= 11 is 5.43. The van der Waals surface area contributed by atoms with Crippen molar-refractivity contribution in [2.24, 2.45) is 0 Å².